The number of sulfonamides is 1. The highest BCUT2D eigenvalue weighted by atomic mass is 32.2. The quantitative estimate of drug-likeness (QED) is 0.538. The molecule has 3 aromatic carbocycles. The third kappa shape index (κ3) is 4.35. The van der Waals surface area contributed by atoms with Crippen molar-refractivity contribution in [3.63, 3.8) is 0 Å². The van der Waals surface area contributed by atoms with E-state index in [1.54, 1.807) is 24.3 Å². The first-order valence-corrected chi connectivity index (χ1v) is 10.7. The molecule has 0 bridgehead atoms. The summed E-state index contributed by atoms with van der Waals surface area (Å²) in [5, 5.41) is 0. The molecule has 6 heteroatoms. The highest BCUT2D eigenvalue weighted by Crippen LogP contribution is 2.37. The van der Waals surface area contributed by atoms with Gasteiger partial charge in [0.2, 0.25) is 10.0 Å². The zero-order valence-electron chi connectivity index (χ0n) is 15.3. The number of para-hydroxylation sites is 3. The van der Waals surface area contributed by atoms with Crippen molar-refractivity contribution < 1.29 is 17.9 Å². The highest BCUT2D eigenvalue weighted by molar-refractivity contribution is 7.92. The van der Waals surface area contributed by atoms with Gasteiger partial charge in [0.15, 0.2) is 0 Å². The summed E-state index contributed by atoms with van der Waals surface area (Å²) in [6.45, 7) is 1.08. The summed E-state index contributed by atoms with van der Waals surface area (Å²) in [6.07, 6.45) is 0.0826. The van der Waals surface area contributed by atoms with Gasteiger partial charge in [0, 0.05) is 0 Å². The normalized spacial score (nSPS) is 15.8. The molecule has 0 aliphatic carbocycles. The van der Waals surface area contributed by atoms with Gasteiger partial charge in [-0.25, -0.2) is 12.7 Å². The molecule has 0 aromatic heterocycles. The van der Waals surface area contributed by atoms with Crippen molar-refractivity contribution in [1.29, 1.82) is 0 Å². The van der Waals surface area contributed by atoms with Gasteiger partial charge in [-0.3, -0.25) is 0 Å². The van der Waals surface area contributed by atoms with Crippen LogP contribution >= 0.6 is 0 Å². The summed E-state index contributed by atoms with van der Waals surface area (Å²) in [6, 6.07) is 25.4. The van der Waals surface area contributed by atoms with Gasteiger partial charge in [-0.05, 0) is 29.8 Å². The number of hydrogen-bond donors (Lipinski definition) is 0. The molecule has 0 saturated carbocycles. The molecule has 0 radical (unpaired) electrons. The summed E-state index contributed by atoms with van der Waals surface area (Å²) in [7, 11) is -3.70. The summed E-state index contributed by atoms with van der Waals surface area (Å²) >= 11 is 0. The van der Waals surface area contributed by atoms with Crippen LogP contribution in [0.2, 0.25) is 0 Å². The second-order valence-corrected chi connectivity index (χ2v) is 8.39. The molecule has 0 N–H and O–H groups in total. The lowest BCUT2D eigenvalue weighted by Gasteiger charge is -2.26. The Morgan fingerprint density at radius 3 is 2.18 bits per heavy atom. The predicted molar refractivity (Wildman–Crippen MR) is 109 cm³/mol. The van der Waals surface area contributed by atoms with Crippen LogP contribution in [0.3, 0.4) is 0 Å². The minimum atomic E-state index is -3.70. The van der Waals surface area contributed by atoms with Gasteiger partial charge < -0.3 is 9.47 Å². The Kier molecular flexibility index (Phi) is 5.32. The molecule has 4 rings (SSSR count). The maximum atomic E-state index is 13.4. The molecule has 3 aromatic rings. The fourth-order valence-electron chi connectivity index (χ4n) is 2.96. The molecule has 1 aliphatic rings. The van der Waals surface area contributed by atoms with E-state index < -0.39 is 10.0 Å². The standard InChI is InChI=1S/C22H21NO4S/c24-28(25,17-18-9-3-1-4-10-18)23(19-11-5-2-6-12-19)21-13-7-8-14-22(21)27-16-20-15-26-20/h1-14,20H,15-17H2. The Morgan fingerprint density at radius 1 is 0.893 bits per heavy atom. The average Bonchev–Trinajstić information content (AvgIpc) is 3.53. The van der Waals surface area contributed by atoms with Crippen LogP contribution < -0.4 is 9.04 Å². The maximum absolute atomic E-state index is 13.4. The second-order valence-electron chi connectivity index (χ2n) is 6.58. The monoisotopic (exact) mass is 395 g/mol. The molecule has 1 unspecified atom stereocenters. The fourth-order valence-corrected chi connectivity index (χ4v) is 4.59. The van der Waals surface area contributed by atoms with Gasteiger partial charge in [0.25, 0.3) is 0 Å². The van der Waals surface area contributed by atoms with Crippen molar-refractivity contribution in [1.82, 2.24) is 0 Å². The Bertz CT molecular complexity index is 1020. The Morgan fingerprint density at radius 2 is 1.50 bits per heavy atom. The van der Waals surface area contributed by atoms with Gasteiger partial charge >= 0.3 is 0 Å². The van der Waals surface area contributed by atoms with E-state index in [2.05, 4.69) is 0 Å². The van der Waals surface area contributed by atoms with Gasteiger partial charge in [0.05, 0.1) is 23.7 Å². The van der Waals surface area contributed by atoms with Crippen molar-refractivity contribution in [3.05, 3.63) is 90.5 Å². The number of anilines is 2. The summed E-state index contributed by atoms with van der Waals surface area (Å²) in [4.78, 5) is 0. The molecule has 5 nitrogen and oxygen atoms in total. The minimum absolute atomic E-state index is 0.0826. The summed E-state index contributed by atoms with van der Waals surface area (Å²) < 4.78 is 39.3. The van der Waals surface area contributed by atoms with Crippen molar-refractivity contribution in [2.45, 2.75) is 11.9 Å². The van der Waals surface area contributed by atoms with Crippen LogP contribution in [-0.2, 0) is 20.5 Å². The molecule has 0 amide bonds. The molecule has 1 heterocycles. The SMILES string of the molecule is O=S(=O)(Cc1ccccc1)N(c1ccccc1)c1ccccc1OCC1CO1. The first-order chi connectivity index (χ1) is 13.6. The first kappa shape index (κ1) is 18.5. The molecule has 1 saturated heterocycles. The fraction of sp³-hybridized carbons (Fsp3) is 0.182. The van der Waals surface area contributed by atoms with Crippen LogP contribution in [0.1, 0.15) is 5.56 Å². The number of rotatable bonds is 8. The van der Waals surface area contributed by atoms with Gasteiger partial charge in [-0.15, -0.1) is 0 Å². The lowest BCUT2D eigenvalue weighted by atomic mass is 10.2. The van der Waals surface area contributed by atoms with Crippen LogP contribution in [0.15, 0.2) is 84.9 Å². The topological polar surface area (TPSA) is 59.1 Å². The third-order valence-corrected chi connectivity index (χ3v) is 6.03. The minimum Gasteiger partial charge on any atom is -0.489 e. The smallest absolute Gasteiger partial charge is 0.243 e. The van der Waals surface area contributed by atoms with E-state index in [4.69, 9.17) is 9.47 Å². The van der Waals surface area contributed by atoms with Gasteiger partial charge in [-0.1, -0.05) is 60.7 Å². The average molecular weight is 395 g/mol. The van der Waals surface area contributed by atoms with E-state index in [9.17, 15) is 8.42 Å². The Balaban J connectivity index is 1.74. The van der Waals surface area contributed by atoms with E-state index >= 15 is 0 Å². The second kappa shape index (κ2) is 8.04. The van der Waals surface area contributed by atoms with Crippen LogP contribution in [0, 0.1) is 0 Å². The van der Waals surface area contributed by atoms with Crippen LogP contribution in [0.5, 0.6) is 5.75 Å². The predicted octanol–water partition coefficient (Wildman–Crippen LogP) is 4.13. The molecule has 0 spiro atoms. The van der Waals surface area contributed by atoms with E-state index in [1.807, 2.05) is 60.7 Å². The number of epoxide rings is 1. The van der Waals surface area contributed by atoms with Gasteiger partial charge in [-0.2, -0.15) is 0 Å². The molecule has 1 fully saturated rings. The lowest BCUT2D eigenvalue weighted by molar-refractivity contribution is 0.264. The van der Waals surface area contributed by atoms with E-state index in [-0.39, 0.29) is 11.9 Å². The largest absolute Gasteiger partial charge is 0.489 e. The molecular weight excluding hydrogens is 374 g/mol. The van der Waals surface area contributed by atoms with E-state index in [1.165, 1.54) is 4.31 Å². The molecule has 1 aliphatic heterocycles. The van der Waals surface area contributed by atoms with Crippen molar-refractivity contribution in [2.24, 2.45) is 0 Å². The van der Waals surface area contributed by atoms with Crippen molar-refractivity contribution in [3.8, 4) is 5.75 Å². The number of ether oxygens (including phenoxy) is 2. The summed E-state index contributed by atoms with van der Waals surface area (Å²) in [5.74, 6) is 0.404. The number of nitrogens with zero attached hydrogens (tertiary/aromatic N) is 1. The zero-order chi connectivity index (χ0) is 19.4. The van der Waals surface area contributed by atoms with Crippen molar-refractivity contribution in [2.75, 3.05) is 17.5 Å². The number of hydrogen-bond acceptors (Lipinski definition) is 4. The van der Waals surface area contributed by atoms with E-state index in [0.717, 1.165) is 5.56 Å². The molecule has 28 heavy (non-hydrogen) atoms. The van der Waals surface area contributed by atoms with E-state index in [0.29, 0.717) is 30.3 Å². The summed E-state index contributed by atoms with van der Waals surface area (Å²) in [5.41, 5.74) is 1.79. The molecule has 1 atom stereocenters. The lowest BCUT2D eigenvalue weighted by Crippen LogP contribution is -2.28. The van der Waals surface area contributed by atoms with Crippen LogP contribution in [-0.4, -0.2) is 27.7 Å². The molecule has 144 valence electrons. The van der Waals surface area contributed by atoms with Crippen LogP contribution in [0.4, 0.5) is 11.4 Å². The van der Waals surface area contributed by atoms with Crippen molar-refractivity contribution >= 4 is 21.4 Å². The highest BCUT2D eigenvalue weighted by Gasteiger charge is 2.29. The Hall–Kier alpha value is -2.83. The van der Waals surface area contributed by atoms with Crippen LogP contribution in [0.25, 0.3) is 0 Å². The maximum Gasteiger partial charge on any atom is 0.243 e. The first-order valence-electron chi connectivity index (χ1n) is 9.09. The molecular formula is C22H21NO4S. The Labute approximate surface area is 165 Å². The zero-order valence-corrected chi connectivity index (χ0v) is 16.1. The number of benzene rings is 3. The third-order valence-electron chi connectivity index (χ3n) is 4.37. The van der Waals surface area contributed by atoms with Gasteiger partial charge in [0.1, 0.15) is 18.5 Å².